The molecular formula is C30H27Cl2NO9. The molecule has 3 aromatic rings. The highest BCUT2D eigenvalue weighted by molar-refractivity contribution is 6.42. The molecule has 10 nitrogen and oxygen atoms in total. The van der Waals surface area contributed by atoms with Crippen molar-refractivity contribution in [2.75, 3.05) is 7.11 Å². The molecule has 0 heterocycles. The summed E-state index contributed by atoms with van der Waals surface area (Å²) in [7, 11) is 1.02. The lowest BCUT2D eigenvalue weighted by Gasteiger charge is -2.45. The van der Waals surface area contributed by atoms with Gasteiger partial charge in [-0.1, -0.05) is 59.6 Å². The van der Waals surface area contributed by atoms with Crippen molar-refractivity contribution in [1.29, 1.82) is 0 Å². The minimum absolute atomic E-state index is 0.0862. The molecule has 0 unspecified atom stereocenters. The fourth-order valence-corrected chi connectivity index (χ4v) is 5.59. The van der Waals surface area contributed by atoms with Gasteiger partial charge in [-0.3, -0.25) is 19.2 Å². The zero-order valence-corrected chi connectivity index (χ0v) is 24.0. The largest absolute Gasteiger partial charge is 0.481 e. The summed E-state index contributed by atoms with van der Waals surface area (Å²) >= 11 is 12.2. The van der Waals surface area contributed by atoms with Crippen molar-refractivity contribution < 1.29 is 43.7 Å². The first kappa shape index (κ1) is 30.8. The van der Waals surface area contributed by atoms with Crippen LogP contribution in [-0.2, 0) is 35.1 Å². The highest BCUT2D eigenvalue weighted by Crippen LogP contribution is 2.47. The lowest BCUT2D eigenvalue weighted by Crippen LogP contribution is -2.63. The Morgan fingerprint density at radius 3 is 2.10 bits per heavy atom. The Morgan fingerprint density at radius 1 is 0.833 bits per heavy atom. The normalized spacial score (nSPS) is 21.0. The lowest BCUT2D eigenvalue weighted by molar-refractivity contribution is -0.188. The van der Waals surface area contributed by atoms with Crippen LogP contribution in [0.5, 0.6) is 0 Å². The number of hydrogen-bond acceptors (Lipinski definition) is 7. The summed E-state index contributed by atoms with van der Waals surface area (Å²) in [6.45, 7) is 1.55. The van der Waals surface area contributed by atoms with Gasteiger partial charge in [0.05, 0.1) is 52.4 Å². The number of methoxy groups -OCH3 is 1. The van der Waals surface area contributed by atoms with E-state index >= 15 is 0 Å². The van der Waals surface area contributed by atoms with Crippen LogP contribution < -0.4 is 5.32 Å². The fourth-order valence-electron chi connectivity index (χ4n) is 5.27. The van der Waals surface area contributed by atoms with Gasteiger partial charge in [-0.05, 0) is 47.5 Å². The van der Waals surface area contributed by atoms with Crippen LogP contribution >= 0.6 is 23.2 Å². The predicted octanol–water partition coefficient (Wildman–Crippen LogP) is 4.24. The molecule has 0 aromatic heterocycles. The molecule has 3 aromatic carbocycles. The van der Waals surface area contributed by atoms with Crippen LogP contribution in [0.25, 0.3) is 10.8 Å². The first-order valence-electron chi connectivity index (χ1n) is 12.9. The zero-order chi connectivity index (χ0) is 30.7. The van der Waals surface area contributed by atoms with Gasteiger partial charge in [-0.2, -0.15) is 0 Å². The van der Waals surface area contributed by atoms with E-state index in [2.05, 4.69) is 10.1 Å². The lowest BCUT2D eigenvalue weighted by atomic mass is 9.56. The molecule has 0 saturated heterocycles. The summed E-state index contributed by atoms with van der Waals surface area (Å²) in [5.41, 5.74) is 0.901. The van der Waals surface area contributed by atoms with Crippen LogP contribution in [0.15, 0.2) is 60.7 Å². The average Bonchev–Trinajstić information content (AvgIpc) is 2.93. The molecule has 12 heteroatoms. The van der Waals surface area contributed by atoms with Crippen molar-refractivity contribution in [3.63, 3.8) is 0 Å². The molecule has 3 N–H and O–H groups in total. The molecule has 0 radical (unpaired) electrons. The molecule has 42 heavy (non-hydrogen) atoms. The third-order valence-corrected chi connectivity index (χ3v) is 8.23. The Kier molecular flexibility index (Phi) is 9.38. The summed E-state index contributed by atoms with van der Waals surface area (Å²) in [4.78, 5) is 62.6. The minimum atomic E-state index is -1.66. The van der Waals surface area contributed by atoms with Gasteiger partial charge in [0, 0.05) is 6.42 Å². The average molecular weight is 616 g/mol. The number of carbonyl (C=O) groups excluding carboxylic acids is 3. The third-order valence-electron chi connectivity index (χ3n) is 7.49. The van der Waals surface area contributed by atoms with Gasteiger partial charge >= 0.3 is 23.9 Å². The number of fused-ring (bicyclic) bond motifs is 1. The first-order chi connectivity index (χ1) is 19.9. The van der Waals surface area contributed by atoms with Gasteiger partial charge in [0.1, 0.15) is 6.10 Å². The molecule has 6 atom stereocenters. The third kappa shape index (κ3) is 6.34. The highest BCUT2D eigenvalue weighted by atomic mass is 35.5. The summed E-state index contributed by atoms with van der Waals surface area (Å²) < 4.78 is 10.5. The monoisotopic (exact) mass is 615 g/mol. The van der Waals surface area contributed by atoms with E-state index in [1.54, 1.807) is 43.3 Å². The maximum Gasteiger partial charge on any atom is 0.338 e. The maximum absolute atomic E-state index is 13.4. The Labute approximate surface area is 250 Å². The van der Waals surface area contributed by atoms with Crippen molar-refractivity contribution in [2.24, 2.45) is 23.7 Å². The number of hydrogen-bond donors (Lipinski definition) is 3. The standard InChI is InChI=1S/C30H27Cl2NO9/c1-14(33-26(34)22-23(27(35)36)24(28(37)38)25(22)30(40)41-2)21(12-15-7-10-19(31)20(32)11-15)42-29(39)18-9-8-16-5-3-4-6-17(16)13-18/h3-11,13-14,21-25H,12H2,1-2H3,(H,33,34)(H,35,36)(H,37,38)/t14-,21-,22+,23-,24+,25-/m0/s1. The van der Waals surface area contributed by atoms with Crippen LogP contribution in [0.4, 0.5) is 0 Å². The van der Waals surface area contributed by atoms with Gasteiger partial charge in [0.2, 0.25) is 5.91 Å². The quantitative estimate of drug-likeness (QED) is 0.284. The van der Waals surface area contributed by atoms with Gasteiger partial charge in [-0.25, -0.2) is 4.79 Å². The van der Waals surface area contributed by atoms with Crippen LogP contribution in [0.3, 0.4) is 0 Å². The van der Waals surface area contributed by atoms with E-state index in [9.17, 15) is 34.2 Å². The second kappa shape index (κ2) is 12.8. The topological polar surface area (TPSA) is 156 Å². The number of nitrogens with one attached hydrogen (secondary N) is 1. The summed E-state index contributed by atoms with van der Waals surface area (Å²) in [6, 6.07) is 16.5. The molecule has 0 spiro atoms. The van der Waals surface area contributed by atoms with Crippen molar-refractivity contribution in [3.8, 4) is 0 Å². The van der Waals surface area contributed by atoms with Crippen LogP contribution in [0.1, 0.15) is 22.8 Å². The maximum atomic E-state index is 13.4. The van der Waals surface area contributed by atoms with Gasteiger partial charge in [0.15, 0.2) is 0 Å². The Morgan fingerprint density at radius 2 is 1.48 bits per heavy atom. The van der Waals surface area contributed by atoms with Crippen LogP contribution in [-0.4, -0.2) is 59.3 Å². The number of carbonyl (C=O) groups is 5. The Bertz CT molecular complexity index is 1560. The molecule has 0 bridgehead atoms. The van der Waals surface area contributed by atoms with Gasteiger partial charge in [-0.15, -0.1) is 0 Å². The summed E-state index contributed by atoms with van der Waals surface area (Å²) in [5.74, 6) is -12.0. The number of esters is 2. The van der Waals surface area contributed by atoms with Crippen LogP contribution in [0.2, 0.25) is 10.0 Å². The number of halogens is 2. The molecule has 1 fully saturated rings. The van der Waals surface area contributed by atoms with E-state index < -0.39 is 65.6 Å². The number of aliphatic carboxylic acids is 2. The van der Waals surface area contributed by atoms with Gasteiger partial charge < -0.3 is 25.0 Å². The molecule has 1 amide bonds. The minimum Gasteiger partial charge on any atom is -0.481 e. The number of rotatable bonds is 10. The number of carboxylic acid groups (broad SMARTS) is 2. The van der Waals surface area contributed by atoms with Gasteiger partial charge in [0.25, 0.3) is 0 Å². The number of ether oxygens (including phenoxy) is 2. The summed E-state index contributed by atoms with van der Waals surface area (Å²) in [5, 5.41) is 24.2. The molecule has 0 aliphatic heterocycles. The summed E-state index contributed by atoms with van der Waals surface area (Å²) in [6.07, 6.45) is -0.900. The number of carboxylic acids is 2. The van der Waals surface area contributed by atoms with E-state index in [0.717, 1.165) is 17.9 Å². The predicted molar refractivity (Wildman–Crippen MR) is 152 cm³/mol. The second-order valence-corrected chi connectivity index (χ2v) is 10.9. The molecular weight excluding hydrogens is 589 g/mol. The van der Waals surface area contributed by atoms with Crippen LogP contribution in [0, 0.1) is 23.7 Å². The van der Waals surface area contributed by atoms with E-state index in [4.69, 9.17) is 27.9 Å². The zero-order valence-electron chi connectivity index (χ0n) is 22.5. The first-order valence-corrected chi connectivity index (χ1v) is 13.7. The van der Waals surface area contributed by atoms with Crippen molar-refractivity contribution >= 4 is 63.8 Å². The highest BCUT2D eigenvalue weighted by Gasteiger charge is 2.64. The molecule has 220 valence electrons. The molecule has 4 rings (SSSR count). The second-order valence-electron chi connectivity index (χ2n) is 10.1. The Hall–Kier alpha value is -4.15. The number of amides is 1. The molecule has 1 saturated carbocycles. The SMILES string of the molecule is COC(=O)[C@@H]1[C@H](C(=O)O)[C@@H](C(=O)O)[C@H]1C(=O)N[C@@H](C)[C@H](Cc1ccc(Cl)c(Cl)c1)OC(=O)c1ccc2ccccc2c1. The fraction of sp³-hybridized carbons (Fsp3) is 0.300. The van der Waals surface area contributed by atoms with Crippen molar-refractivity contribution in [1.82, 2.24) is 5.32 Å². The van der Waals surface area contributed by atoms with Crippen molar-refractivity contribution in [2.45, 2.75) is 25.5 Å². The molecule has 1 aliphatic rings. The smallest absolute Gasteiger partial charge is 0.338 e. The van der Waals surface area contributed by atoms with E-state index in [-0.39, 0.29) is 17.0 Å². The van der Waals surface area contributed by atoms with E-state index in [1.807, 2.05) is 24.3 Å². The molecule has 1 aliphatic carbocycles. The number of benzene rings is 3. The van der Waals surface area contributed by atoms with Crippen molar-refractivity contribution in [3.05, 3.63) is 81.8 Å². The van der Waals surface area contributed by atoms with E-state index in [0.29, 0.717) is 10.6 Å². The Balaban J connectivity index is 1.60. The van der Waals surface area contributed by atoms with E-state index in [1.165, 1.54) is 0 Å².